The fourth-order valence-corrected chi connectivity index (χ4v) is 5.77. The van der Waals surface area contributed by atoms with E-state index >= 15 is 0 Å². The average Bonchev–Trinajstić information content (AvgIpc) is 3.18. The van der Waals surface area contributed by atoms with Gasteiger partial charge in [-0.05, 0) is 22.9 Å². The molecule has 0 saturated carbocycles. The van der Waals surface area contributed by atoms with Crippen molar-refractivity contribution in [2.75, 3.05) is 35.2 Å². The first-order valence-electron chi connectivity index (χ1n) is 10.6. The van der Waals surface area contributed by atoms with Crippen LogP contribution < -0.4 is 10.6 Å². The summed E-state index contributed by atoms with van der Waals surface area (Å²) in [5, 5.41) is 8.35. The molecule has 32 heavy (non-hydrogen) atoms. The van der Waals surface area contributed by atoms with E-state index in [0.29, 0.717) is 40.8 Å². The number of nitrogens with zero attached hydrogens (tertiary/aromatic N) is 1. The highest BCUT2D eigenvalue weighted by atomic mass is 32.2. The van der Waals surface area contributed by atoms with Crippen molar-refractivity contribution >= 4 is 55.9 Å². The van der Waals surface area contributed by atoms with Gasteiger partial charge in [0.25, 0.3) is 5.91 Å². The van der Waals surface area contributed by atoms with Gasteiger partial charge in [-0.1, -0.05) is 68.3 Å². The molecule has 3 aromatic rings. The summed E-state index contributed by atoms with van der Waals surface area (Å²) >= 11 is 0.560. The van der Waals surface area contributed by atoms with Gasteiger partial charge in [0.15, 0.2) is 0 Å². The molecule has 2 aromatic carbocycles. The zero-order valence-electron chi connectivity index (χ0n) is 18.4. The molecule has 0 bridgehead atoms. The smallest absolute Gasteiger partial charge is 0.324 e. The van der Waals surface area contributed by atoms with Gasteiger partial charge in [0.1, 0.15) is 16.5 Å². The lowest BCUT2D eigenvalue weighted by Gasteiger charge is -2.28. The summed E-state index contributed by atoms with van der Waals surface area (Å²) in [6, 6.07) is 15.1. The Morgan fingerprint density at radius 3 is 2.44 bits per heavy atom. The van der Waals surface area contributed by atoms with E-state index in [1.807, 2.05) is 48.5 Å². The van der Waals surface area contributed by atoms with Crippen LogP contribution >= 0.6 is 11.3 Å². The number of hydrogen-bond donors (Lipinski definition) is 2. The van der Waals surface area contributed by atoms with Crippen LogP contribution in [0.25, 0.3) is 10.8 Å². The number of fused-ring (bicyclic) bond motifs is 1. The summed E-state index contributed by atoms with van der Waals surface area (Å²) < 4.78 is 11.7. The number of urea groups is 1. The Labute approximate surface area is 195 Å². The van der Waals surface area contributed by atoms with Crippen molar-refractivity contribution < 1.29 is 14.1 Å². The van der Waals surface area contributed by atoms with Crippen molar-refractivity contribution in [1.82, 2.24) is 4.90 Å². The van der Waals surface area contributed by atoms with Crippen molar-refractivity contribution in [3.8, 4) is 0 Å². The van der Waals surface area contributed by atoms with Crippen molar-refractivity contribution in [3.63, 3.8) is 0 Å². The van der Waals surface area contributed by atoms with Crippen LogP contribution in [0.3, 0.4) is 0 Å². The Bertz CT molecular complexity index is 1140. The van der Waals surface area contributed by atoms with Gasteiger partial charge < -0.3 is 14.8 Å². The molecule has 2 heterocycles. The first-order chi connectivity index (χ1) is 15.2. The van der Waals surface area contributed by atoms with Crippen molar-refractivity contribution in [1.29, 1.82) is 0 Å². The van der Waals surface area contributed by atoms with Crippen molar-refractivity contribution in [2.24, 2.45) is 0 Å². The van der Waals surface area contributed by atoms with Gasteiger partial charge in [0, 0.05) is 10.3 Å². The summed E-state index contributed by atoms with van der Waals surface area (Å²) in [6.07, 6.45) is 0. The average molecular weight is 470 g/mol. The molecule has 6 nitrogen and oxygen atoms in total. The normalized spacial score (nSPS) is 15.1. The molecule has 0 spiro atoms. The van der Waals surface area contributed by atoms with E-state index in [-0.39, 0.29) is 11.3 Å². The number of nitrogens with one attached hydrogen (secondary N) is 2. The lowest BCUT2D eigenvalue weighted by atomic mass is 9.94. The molecule has 1 aromatic heterocycles. The van der Waals surface area contributed by atoms with Crippen LogP contribution in [0.4, 0.5) is 15.5 Å². The number of rotatable bonds is 3. The zero-order chi connectivity index (χ0) is 22.9. The first-order valence-corrected chi connectivity index (χ1v) is 12.9. The number of thiophene rings is 1. The van der Waals surface area contributed by atoms with Crippen LogP contribution in [0.15, 0.2) is 48.5 Å². The Balaban J connectivity index is 1.58. The molecule has 1 aliphatic heterocycles. The van der Waals surface area contributed by atoms with E-state index in [1.165, 1.54) is 11.3 Å². The van der Waals surface area contributed by atoms with Gasteiger partial charge in [0.05, 0.1) is 24.3 Å². The number of anilines is 2. The van der Waals surface area contributed by atoms with Crippen molar-refractivity contribution in [3.05, 3.63) is 59.0 Å². The largest absolute Gasteiger partial charge is 0.616 e. The summed E-state index contributed by atoms with van der Waals surface area (Å²) in [4.78, 5) is 28.9. The number of carbonyl (C=O) groups is 2. The lowest BCUT2D eigenvalue weighted by Crippen LogP contribution is -2.43. The Morgan fingerprint density at radius 2 is 1.72 bits per heavy atom. The minimum absolute atomic E-state index is 0.131. The molecule has 0 unspecified atom stereocenters. The lowest BCUT2D eigenvalue weighted by molar-refractivity contribution is 0.0771. The third-order valence-corrected chi connectivity index (χ3v) is 8.18. The van der Waals surface area contributed by atoms with E-state index in [0.717, 1.165) is 15.6 Å². The van der Waals surface area contributed by atoms with Gasteiger partial charge in [0.2, 0.25) is 0 Å². The SMILES string of the molecule is CC(C)(C)c1cc(C(=O)N2CC[S+]([O-])CC2)c(NC(=O)Nc2cccc3ccccc23)s1. The number of amides is 3. The molecule has 8 heteroatoms. The molecule has 1 aliphatic rings. The molecule has 1 saturated heterocycles. The zero-order valence-corrected chi connectivity index (χ0v) is 20.1. The van der Waals surface area contributed by atoms with Crippen molar-refractivity contribution in [2.45, 2.75) is 26.2 Å². The second kappa shape index (κ2) is 9.13. The summed E-state index contributed by atoms with van der Waals surface area (Å²) in [6.45, 7) is 7.17. The number of carbonyl (C=O) groups excluding carboxylic acids is 2. The third-order valence-electron chi connectivity index (χ3n) is 5.43. The second-order valence-electron chi connectivity index (χ2n) is 8.85. The molecule has 0 aliphatic carbocycles. The van der Waals surface area contributed by atoms with Crippen LogP contribution in [0, 0.1) is 0 Å². The summed E-state index contributed by atoms with van der Waals surface area (Å²) in [7, 11) is 0. The first kappa shape index (κ1) is 22.6. The van der Waals surface area contributed by atoms with Crippen LogP contribution in [-0.2, 0) is 16.6 Å². The molecule has 0 atom stereocenters. The maximum absolute atomic E-state index is 13.2. The Kier molecular flexibility index (Phi) is 6.46. The van der Waals surface area contributed by atoms with Crippen LogP contribution in [0.1, 0.15) is 36.0 Å². The second-order valence-corrected chi connectivity index (χ2v) is 11.6. The molecule has 3 amide bonds. The molecule has 2 N–H and O–H groups in total. The monoisotopic (exact) mass is 469 g/mol. The fourth-order valence-electron chi connectivity index (χ4n) is 3.61. The molecule has 1 fully saturated rings. The van der Waals surface area contributed by atoms with Gasteiger partial charge in [-0.15, -0.1) is 11.3 Å². The molecular weight excluding hydrogens is 442 g/mol. The third kappa shape index (κ3) is 4.92. The van der Waals surface area contributed by atoms with E-state index in [9.17, 15) is 14.1 Å². The van der Waals surface area contributed by atoms with Crippen LogP contribution in [-0.4, -0.2) is 46.0 Å². The Hall–Kier alpha value is -2.55. The minimum Gasteiger partial charge on any atom is -0.616 e. The molecule has 0 radical (unpaired) electrons. The molecule has 4 rings (SSSR count). The standard InChI is InChI=1S/C24H27N3O3S2/c1-24(2,3)20-15-18(22(28)27-11-13-32(30)14-12-27)21(31-20)26-23(29)25-19-10-6-8-16-7-4-5-9-17(16)19/h4-10,15H,11-14H2,1-3H3,(H2,25,26,29). The highest BCUT2D eigenvalue weighted by molar-refractivity contribution is 7.91. The number of hydrogen-bond acceptors (Lipinski definition) is 4. The topological polar surface area (TPSA) is 84.5 Å². The maximum atomic E-state index is 13.2. The molecule has 168 valence electrons. The van der Waals surface area contributed by atoms with Gasteiger partial charge >= 0.3 is 6.03 Å². The van der Waals surface area contributed by atoms with E-state index < -0.39 is 17.2 Å². The summed E-state index contributed by atoms with van der Waals surface area (Å²) in [5.41, 5.74) is 1.04. The highest BCUT2D eigenvalue weighted by Gasteiger charge is 2.29. The fraction of sp³-hybridized carbons (Fsp3) is 0.333. The maximum Gasteiger partial charge on any atom is 0.324 e. The van der Waals surface area contributed by atoms with E-state index in [4.69, 9.17) is 0 Å². The minimum atomic E-state index is -0.863. The van der Waals surface area contributed by atoms with Gasteiger partial charge in [-0.2, -0.15) is 0 Å². The van der Waals surface area contributed by atoms with Gasteiger partial charge in [-0.25, -0.2) is 4.79 Å². The van der Waals surface area contributed by atoms with Gasteiger partial charge in [-0.3, -0.25) is 10.1 Å². The van der Waals surface area contributed by atoms with Crippen LogP contribution in [0.2, 0.25) is 0 Å². The predicted octanol–water partition coefficient (Wildman–Crippen LogP) is 5.05. The quantitative estimate of drug-likeness (QED) is 0.527. The predicted molar refractivity (Wildman–Crippen MR) is 133 cm³/mol. The molecular formula is C24H27N3O3S2. The van der Waals surface area contributed by atoms with E-state index in [2.05, 4.69) is 31.4 Å². The van der Waals surface area contributed by atoms with E-state index in [1.54, 1.807) is 4.90 Å². The summed E-state index contributed by atoms with van der Waals surface area (Å²) in [5.74, 6) is 0.854. The van der Waals surface area contributed by atoms with Crippen LogP contribution in [0.5, 0.6) is 0 Å². The number of benzene rings is 2. The highest BCUT2D eigenvalue weighted by Crippen LogP contribution is 2.37. The Morgan fingerprint density at radius 1 is 1.03 bits per heavy atom.